The number of methoxy groups -OCH3 is 1. The molecule has 1 saturated heterocycles. The number of hydrogen-bond donors (Lipinski definition) is 1. The number of aryl methyl sites for hydroxylation is 1. The molecule has 188 valence electrons. The lowest BCUT2D eigenvalue weighted by molar-refractivity contribution is -0.165. The molecule has 1 amide bonds. The average molecular weight is 497 g/mol. The minimum Gasteiger partial charge on any atom is -0.495 e. The van der Waals surface area contributed by atoms with Crippen LogP contribution in [0.25, 0.3) is 5.69 Å². The molecule has 0 saturated carbocycles. The van der Waals surface area contributed by atoms with E-state index >= 15 is 0 Å². The zero-order valence-electron chi connectivity index (χ0n) is 19.9. The normalized spacial score (nSPS) is 20.4. The second kappa shape index (κ2) is 9.34. The van der Waals surface area contributed by atoms with E-state index in [9.17, 15) is 18.7 Å². The van der Waals surface area contributed by atoms with E-state index in [2.05, 4.69) is 10.1 Å². The van der Waals surface area contributed by atoms with Gasteiger partial charge in [-0.05, 0) is 31.5 Å². The van der Waals surface area contributed by atoms with E-state index in [0.717, 1.165) is 29.1 Å². The number of benzene rings is 2. The number of ether oxygens (including phenoxy) is 1. The van der Waals surface area contributed by atoms with Gasteiger partial charge in [0.15, 0.2) is 0 Å². The number of oxime groups is 1. The van der Waals surface area contributed by atoms with Gasteiger partial charge in [0.05, 0.1) is 43.2 Å². The van der Waals surface area contributed by atoms with Gasteiger partial charge in [0.1, 0.15) is 17.4 Å². The van der Waals surface area contributed by atoms with E-state index in [1.165, 1.54) is 11.0 Å². The molecule has 1 fully saturated rings. The van der Waals surface area contributed by atoms with Crippen molar-refractivity contribution < 1.29 is 28.3 Å². The Kier molecular flexibility index (Phi) is 6.21. The van der Waals surface area contributed by atoms with E-state index in [0.29, 0.717) is 30.8 Å². The second-order valence-corrected chi connectivity index (χ2v) is 9.08. The van der Waals surface area contributed by atoms with Crippen LogP contribution < -0.4 is 4.74 Å². The zero-order chi connectivity index (χ0) is 25.4. The molecule has 0 aliphatic carbocycles. The fourth-order valence-electron chi connectivity index (χ4n) is 4.94. The molecule has 2 aromatic carbocycles. The van der Waals surface area contributed by atoms with Crippen molar-refractivity contribution in [3.05, 3.63) is 77.4 Å². The number of aliphatic hydroxyl groups excluding tert-OH is 1. The van der Waals surface area contributed by atoms with Gasteiger partial charge in [-0.2, -0.15) is 0 Å². The van der Waals surface area contributed by atoms with Crippen LogP contribution in [0.3, 0.4) is 0 Å². The third-order valence-electron chi connectivity index (χ3n) is 6.79. The van der Waals surface area contributed by atoms with Crippen LogP contribution in [0.4, 0.5) is 8.78 Å². The summed E-state index contributed by atoms with van der Waals surface area (Å²) >= 11 is 0. The minimum absolute atomic E-state index is 0.0542. The smallest absolute Gasteiger partial charge is 0.270 e. The molecule has 5 rings (SSSR count). The highest BCUT2D eigenvalue weighted by Gasteiger charge is 2.52. The van der Waals surface area contributed by atoms with Crippen LogP contribution in [0.1, 0.15) is 42.1 Å². The Morgan fingerprint density at radius 3 is 2.78 bits per heavy atom. The van der Waals surface area contributed by atoms with Crippen LogP contribution in [-0.4, -0.2) is 57.0 Å². The average Bonchev–Trinajstić information content (AvgIpc) is 3.50. The molecule has 3 heterocycles. The van der Waals surface area contributed by atoms with Crippen molar-refractivity contribution >= 4 is 11.6 Å². The third-order valence-corrected chi connectivity index (χ3v) is 6.79. The fourth-order valence-corrected chi connectivity index (χ4v) is 4.94. The largest absolute Gasteiger partial charge is 0.495 e. The molecule has 1 aromatic heterocycles. The maximum absolute atomic E-state index is 14.5. The summed E-state index contributed by atoms with van der Waals surface area (Å²) in [5, 5.41) is 14.3. The molecular formula is C26H26F2N4O4. The number of amides is 1. The summed E-state index contributed by atoms with van der Waals surface area (Å²) in [5.74, 6) is -1.31. The fraction of sp³-hybridized carbons (Fsp3) is 0.346. The van der Waals surface area contributed by atoms with Gasteiger partial charge in [-0.15, -0.1) is 0 Å². The molecule has 0 radical (unpaired) electrons. The van der Waals surface area contributed by atoms with Crippen molar-refractivity contribution in [2.24, 2.45) is 5.16 Å². The number of carbonyl (C=O) groups excluding carboxylic acids is 1. The number of aliphatic hydroxyl groups is 1. The summed E-state index contributed by atoms with van der Waals surface area (Å²) in [6.07, 6.45) is 4.83. The lowest BCUT2D eigenvalue weighted by Gasteiger charge is -2.41. The van der Waals surface area contributed by atoms with Gasteiger partial charge in [0.25, 0.3) is 5.91 Å². The number of aromatic nitrogens is 2. The SMILES string of the molecule is COc1cc(C2=NOC3(CCCN(C(CO)c4ccc(F)cc4F)C3=O)C2)ccc1-n1cnc(C)c1. The Bertz CT molecular complexity index is 1340. The number of rotatable bonds is 6. The third kappa shape index (κ3) is 4.11. The second-order valence-electron chi connectivity index (χ2n) is 9.08. The molecular weight excluding hydrogens is 470 g/mol. The topological polar surface area (TPSA) is 89.2 Å². The highest BCUT2D eigenvalue weighted by Crippen LogP contribution is 2.40. The molecule has 36 heavy (non-hydrogen) atoms. The summed E-state index contributed by atoms with van der Waals surface area (Å²) in [6.45, 7) is 1.70. The minimum atomic E-state index is -1.25. The lowest BCUT2D eigenvalue weighted by Crippen LogP contribution is -2.55. The molecule has 2 aliphatic rings. The monoisotopic (exact) mass is 496 g/mol. The van der Waals surface area contributed by atoms with E-state index in [1.54, 1.807) is 13.4 Å². The number of carbonyl (C=O) groups is 1. The predicted molar refractivity (Wildman–Crippen MR) is 127 cm³/mol. The van der Waals surface area contributed by atoms with Crippen LogP contribution >= 0.6 is 0 Å². The van der Waals surface area contributed by atoms with Crippen molar-refractivity contribution in [3.63, 3.8) is 0 Å². The number of hydrogen-bond acceptors (Lipinski definition) is 6. The first-order valence-electron chi connectivity index (χ1n) is 11.7. The van der Waals surface area contributed by atoms with E-state index < -0.39 is 29.9 Å². The van der Waals surface area contributed by atoms with Crippen molar-refractivity contribution in [2.75, 3.05) is 20.3 Å². The number of nitrogens with zero attached hydrogens (tertiary/aromatic N) is 4. The Morgan fingerprint density at radius 1 is 1.25 bits per heavy atom. The Hall–Kier alpha value is -3.79. The predicted octanol–water partition coefficient (Wildman–Crippen LogP) is 3.69. The van der Waals surface area contributed by atoms with Crippen molar-refractivity contribution in [1.29, 1.82) is 0 Å². The van der Waals surface area contributed by atoms with E-state index in [4.69, 9.17) is 9.57 Å². The maximum atomic E-state index is 14.5. The first-order chi connectivity index (χ1) is 17.3. The molecule has 2 aliphatic heterocycles. The molecule has 0 bridgehead atoms. The highest BCUT2D eigenvalue weighted by molar-refractivity contribution is 6.06. The molecule has 8 nitrogen and oxygen atoms in total. The number of piperidine rings is 1. The summed E-state index contributed by atoms with van der Waals surface area (Å²) in [7, 11) is 1.58. The number of halogens is 2. The summed E-state index contributed by atoms with van der Waals surface area (Å²) in [6, 6.07) is 7.76. The first kappa shape index (κ1) is 23.9. The Morgan fingerprint density at radius 2 is 2.08 bits per heavy atom. The first-order valence-corrected chi connectivity index (χ1v) is 11.7. The summed E-state index contributed by atoms with van der Waals surface area (Å²) in [5.41, 5.74) is 1.83. The van der Waals surface area contributed by atoms with Crippen LogP contribution in [-0.2, 0) is 9.63 Å². The Balaban J connectivity index is 1.39. The van der Waals surface area contributed by atoms with Crippen molar-refractivity contribution in [2.45, 2.75) is 37.8 Å². The molecule has 1 spiro atoms. The van der Waals surface area contributed by atoms with Gasteiger partial charge in [0.2, 0.25) is 5.60 Å². The summed E-state index contributed by atoms with van der Waals surface area (Å²) in [4.78, 5) is 25.1. The van der Waals surface area contributed by atoms with E-state index in [-0.39, 0.29) is 17.9 Å². The van der Waals surface area contributed by atoms with Gasteiger partial charge in [-0.25, -0.2) is 13.8 Å². The van der Waals surface area contributed by atoms with Gasteiger partial charge in [-0.3, -0.25) is 4.79 Å². The number of likely N-dealkylation sites (tertiary alicyclic amines) is 1. The molecule has 10 heteroatoms. The van der Waals surface area contributed by atoms with Gasteiger partial charge in [0, 0.05) is 42.8 Å². The van der Waals surface area contributed by atoms with E-state index in [1.807, 2.05) is 35.9 Å². The van der Waals surface area contributed by atoms with Gasteiger partial charge in [-0.1, -0.05) is 17.3 Å². The quantitative estimate of drug-likeness (QED) is 0.562. The summed E-state index contributed by atoms with van der Waals surface area (Å²) < 4.78 is 35.4. The van der Waals surface area contributed by atoms with Crippen LogP contribution in [0.2, 0.25) is 0 Å². The Labute approximate surface area is 206 Å². The van der Waals surface area contributed by atoms with Crippen molar-refractivity contribution in [3.8, 4) is 11.4 Å². The van der Waals surface area contributed by atoms with Gasteiger partial charge < -0.3 is 24.1 Å². The molecule has 2 atom stereocenters. The zero-order valence-corrected chi connectivity index (χ0v) is 19.9. The molecule has 3 aromatic rings. The standard InChI is InChI=1S/C26H26F2N4O4/c1-16-13-31(15-29-16)22-7-4-17(10-24(22)35-2)21-12-26(36-30-21)8-3-9-32(25(26)34)23(14-33)19-6-5-18(27)11-20(19)28/h4-7,10-11,13,15,23,33H,3,8-9,12,14H2,1-2H3. The van der Waals surface area contributed by atoms with Gasteiger partial charge >= 0.3 is 0 Å². The molecule has 2 unspecified atom stereocenters. The van der Waals surface area contributed by atoms with Crippen LogP contribution in [0, 0.1) is 18.6 Å². The maximum Gasteiger partial charge on any atom is 0.270 e. The molecule has 1 N–H and O–H groups in total. The highest BCUT2D eigenvalue weighted by atomic mass is 19.1. The van der Waals surface area contributed by atoms with Crippen LogP contribution in [0.15, 0.2) is 54.1 Å². The van der Waals surface area contributed by atoms with Crippen molar-refractivity contribution in [1.82, 2.24) is 14.5 Å². The number of imidazole rings is 1. The van der Waals surface area contributed by atoms with Crippen LogP contribution in [0.5, 0.6) is 5.75 Å². The lowest BCUT2D eigenvalue weighted by atomic mass is 9.84.